The van der Waals surface area contributed by atoms with Crippen molar-refractivity contribution in [3.8, 4) is 0 Å². The smallest absolute Gasteiger partial charge is 0.392 e. The van der Waals surface area contributed by atoms with E-state index in [1.54, 1.807) is 24.3 Å². The van der Waals surface area contributed by atoms with Crippen molar-refractivity contribution in [2.45, 2.75) is 37.0 Å². The second-order valence-corrected chi connectivity index (χ2v) is 10.1. The minimum atomic E-state index is -5.26. The Morgan fingerprint density at radius 2 is 1.09 bits per heavy atom. The fraction of sp³-hybridized carbons (Fsp3) is 0.385. The molecule has 0 aromatic heterocycles. The summed E-state index contributed by atoms with van der Waals surface area (Å²) >= 11 is 0. The molecule has 0 N–H and O–H groups in total. The van der Waals surface area contributed by atoms with Crippen LogP contribution in [0, 0.1) is 22.7 Å². The second-order valence-electron chi connectivity index (χ2n) is 10.1. The van der Waals surface area contributed by atoms with E-state index < -0.39 is 69.9 Å². The van der Waals surface area contributed by atoms with Gasteiger partial charge in [0.1, 0.15) is 10.8 Å². The van der Waals surface area contributed by atoms with Gasteiger partial charge in [0.25, 0.3) is 0 Å². The third-order valence-electron chi connectivity index (χ3n) is 9.06. The molecule has 0 spiro atoms. The van der Waals surface area contributed by atoms with Gasteiger partial charge >= 0.3 is 24.3 Å². The van der Waals surface area contributed by atoms with Crippen LogP contribution in [-0.4, -0.2) is 11.9 Å². The summed E-state index contributed by atoms with van der Waals surface area (Å²) in [6, 6.07) is 7.89. The molecule has 180 valence electrons. The predicted molar refractivity (Wildman–Crippen MR) is 108 cm³/mol. The first-order valence-corrected chi connectivity index (χ1v) is 11.3. The van der Waals surface area contributed by atoms with Crippen LogP contribution in [0.2, 0.25) is 0 Å². The highest BCUT2D eigenvalue weighted by Crippen LogP contribution is 2.81. The molecule has 1 saturated heterocycles. The molecule has 1 heterocycles. The van der Waals surface area contributed by atoms with Gasteiger partial charge in [-0.25, -0.2) is 0 Å². The maximum Gasteiger partial charge on any atom is 0.417 e. The Kier molecular flexibility index (Phi) is 3.63. The Balaban J connectivity index is 1.66. The minimum Gasteiger partial charge on any atom is -0.392 e. The summed E-state index contributed by atoms with van der Waals surface area (Å²) < 4.78 is 88.8. The molecule has 0 unspecified atom stereocenters. The average molecular weight is 490 g/mol. The van der Waals surface area contributed by atoms with Gasteiger partial charge in [0.2, 0.25) is 0 Å². The van der Waals surface area contributed by atoms with Crippen molar-refractivity contribution in [3.05, 3.63) is 81.9 Å². The highest BCUT2D eigenvalue weighted by molar-refractivity contribution is 6.07. The van der Waals surface area contributed by atoms with Gasteiger partial charge in [-0.3, -0.25) is 9.59 Å². The summed E-state index contributed by atoms with van der Waals surface area (Å²) in [5.74, 6) is -4.58. The summed E-state index contributed by atoms with van der Waals surface area (Å²) in [6.45, 7) is 0. The zero-order chi connectivity index (χ0) is 24.7. The van der Waals surface area contributed by atoms with E-state index in [4.69, 9.17) is 4.74 Å². The molecule has 6 aliphatic carbocycles. The first-order chi connectivity index (χ1) is 16.4. The summed E-state index contributed by atoms with van der Waals surface area (Å²) in [7, 11) is 0. The zero-order valence-corrected chi connectivity index (χ0v) is 17.8. The van der Waals surface area contributed by atoms with Gasteiger partial charge in [-0.15, -0.1) is 0 Å². The number of carbonyl (C=O) groups is 2. The van der Waals surface area contributed by atoms with E-state index in [1.807, 2.05) is 12.2 Å². The maximum absolute atomic E-state index is 13.9. The van der Waals surface area contributed by atoms with E-state index >= 15 is 0 Å². The molecule has 35 heavy (non-hydrogen) atoms. The molecule has 2 fully saturated rings. The van der Waals surface area contributed by atoms with Crippen LogP contribution in [0.3, 0.4) is 0 Å². The Morgan fingerprint density at radius 3 is 1.43 bits per heavy atom. The molecule has 9 rings (SSSR count). The van der Waals surface area contributed by atoms with E-state index in [2.05, 4.69) is 0 Å². The van der Waals surface area contributed by atoms with Crippen LogP contribution in [0.25, 0.3) is 0 Å². The van der Waals surface area contributed by atoms with Gasteiger partial charge < -0.3 is 4.74 Å². The molecule has 3 nitrogen and oxygen atoms in total. The normalized spacial score (nSPS) is 35.9. The monoisotopic (exact) mass is 490 g/mol. The third-order valence-corrected chi connectivity index (χ3v) is 9.06. The third kappa shape index (κ3) is 2.10. The van der Waals surface area contributed by atoms with Crippen molar-refractivity contribution < 1.29 is 40.7 Å². The van der Waals surface area contributed by atoms with E-state index in [0.717, 1.165) is 0 Å². The van der Waals surface area contributed by atoms with Crippen LogP contribution in [-0.2, 0) is 26.7 Å². The number of esters is 2. The number of halogens is 6. The van der Waals surface area contributed by atoms with Crippen molar-refractivity contribution in [1.82, 2.24) is 0 Å². The molecule has 4 bridgehead atoms. The van der Waals surface area contributed by atoms with Crippen LogP contribution in [0.15, 0.2) is 48.6 Å². The lowest BCUT2D eigenvalue weighted by atomic mass is 9.31. The quantitative estimate of drug-likeness (QED) is 0.198. The van der Waals surface area contributed by atoms with Crippen LogP contribution >= 0.6 is 0 Å². The molecule has 1 saturated carbocycles. The number of rotatable bonds is 0. The predicted octanol–water partition coefficient (Wildman–Crippen LogP) is 5.97. The Bertz CT molecular complexity index is 1290. The molecule has 1 aliphatic heterocycles. The molecule has 9 heteroatoms. The van der Waals surface area contributed by atoms with Gasteiger partial charge in [-0.2, -0.15) is 26.3 Å². The zero-order valence-electron chi connectivity index (χ0n) is 17.8. The van der Waals surface area contributed by atoms with Gasteiger partial charge in [-0.05, 0) is 59.1 Å². The number of hydrogen-bond donors (Lipinski definition) is 0. The Morgan fingerprint density at radius 1 is 0.686 bits per heavy atom. The van der Waals surface area contributed by atoms with Crippen LogP contribution in [0.4, 0.5) is 26.3 Å². The van der Waals surface area contributed by atoms with Crippen molar-refractivity contribution >= 4 is 11.9 Å². The van der Waals surface area contributed by atoms with E-state index in [9.17, 15) is 35.9 Å². The first-order valence-electron chi connectivity index (χ1n) is 11.3. The number of alkyl halides is 6. The number of benzene rings is 2. The van der Waals surface area contributed by atoms with E-state index in [-0.39, 0.29) is 11.1 Å². The summed E-state index contributed by atoms with van der Waals surface area (Å²) in [4.78, 5) is 27.2. The molecular weight excluding hydrogens is 474 g/mol. The molecule has 2 aromatic rings. The lowest BCUT2D eigenvalue weighted by Crippen LogP contribution is -2.67. The molecule has 2 aromatic carbocycles. The molecular formula is C26H16F6O3. The number of carbonyl (C=O) groups excluding carboxylic acids is 2. The van der Waals surface area contributed by atoms with Gasteiger partial charge in [-0.1, -0.05) is 36.4 Å². The number of ether oxygens (including phenoxy) is 1. The van der Waals surface area contributed by atoms with E-state index in [1.165, 1.54) is 0 Å². The highest BCUT2D eigenvalue weighted by atomic mass is 19.4. The van der Waals surface area contributed by atoms with Crippen LogP contribution < -0.4 is 0 Å². The standard InChI is InChI=1S/C26H16F6O3/c27-25(28,29)17-9-15-16(10-18(17)26(30,31)32)20-14-4-2-1-3-13(14)19(15)23-11-5-7-12(8-6-11)24(20,23)22(34)35-21(23)33/h1-5,7,9-12,19-20H,6,8H2/t11-,12+,19+,20-,23+,24-. The maximum atomic E-state index is 13.9. The van der Waals surface area contributed by atoms with Crippen LogP contribution in [0.5, 0.6) is 0 Å². The molecule has 0 amide bonds. The summed E-state index contributed by atoms with van der Waals surface area (Å²) in [6.07, 6.45) is -5.77. The molecule has 0 radical (unpaired) electrons. The number of allylic oxidation sites excluding steroid dienone is 2. The lowest BCUT2D eigenvalue weighted by Gasteiger charge is -2.66. The Labute approximate surface area is 194 Å². The SMILES string of the molecule is O=C1OC(=O)[C@]23[C@H]4c5ccccc5[C@H](c5cc(C(F)(F)F)c(C(F)(F)F)cc54)[C@]12[C@H]1C=C[C@@H]3CC1. The largest absolute Gasteiger partial charge is 0.417 e. The number of fused-ring (bicyclic) bond motifs is 1. The van der Waals surface area contributed by atoms with Crippen molar-refractivity contribution in [1.29, 1.82) is 0 Å². The molecule has 7 aliphatic rings. The first kappa shape index (κ1) is 21.2. The fourth-order valence-electron chi connectivity index (χ4n) is 8.18. The van der Waals surface area contributed by atoms with Crippen molar-refractivity contribution in [2.75, 3.05) is 0 Å². The minimum absolute atomic E-state index is 0.0252. The van der Waals surface area contributed by atoms with Gasteiger partial charge in [0.15, 0.2) is 0 Å². The molecule has 6 atom stereocenters. The summed E-state index contributed by atoms with van der Waals surface area (Å²) in [5.41, 5.74) is -5.36. The van der Waals surface area contributed by atoms with Crippen LogP contribution in [0.1, 0.15) is 58.1 Å². The summed E-state index contributed by atoms with van der Waals surface area (Å²) in [5, 5.41) is 0. The highest BCUT2D eigenvalue weighted by Gasteiger charge is 2.84. The Hall–Kier alpha value is -3.10. The number of cyclic esters (lactones) is 2. The van der Waals surface area contributed by atoms with Gasteiger partial charge in [0.05, 0.1) is 11.1 Å². The van der Waals surface area contributed by atoms with Crippen molar-refractivity contribution in [3.63, 3.8) is 0 Å². The van der Waals surface area contributed by atoms with Gasteiger partial charge in [0, 0.05) is 11.8 Å². The number of hydrogen-bond acceptors (Lipinski definition) is 3. The fourth-order valence-corrected chi connectivity index (χ4v) is 8.18. The topological polar surface area (TPSA) is 43.4 Å². The van der Waals surface area contributed by atoms with Crippen molar-refractivity contribution in [2.24, 2.45) is 22.7 Å². The average Bonchev–Trinajstić information content (AvgIpc) is 3.07. The second kappa shape index (κ2) is 5.99. The van der Waals surface area contributed by atoms with E-state index in [0.29, 0.717) is 36.1 Å². The lowest BCUT2D eigenvalue weighted by molar-refractivity contribution is -0.164.